The van der Waals surface area contributed by atoms with E-state index in [1.165, 1.54) is 12.8 Å². The lowest BCUT2D eigenvalue weighted by Crippen LogP contribution is -2.00. The number of aryl methyl sites for hydroxylation is 1. The molecule has 1 aromatic heterocycles. The molecule has 0 unspecified atom stereocenters. The third kappa shape index (κ3) is 2.23. The number of carboxylic acids is 1. The molecule has 1 aliphatic rings. The fraction of sp³-hybridized carbons (Fsp3) is 0.357. The van der Waals surface area contributed by atoms with Gasteiger partial charge in [0, 0.05) is 5.56 Å². The number of aromatic carboxylic acids is 1. The zero-order valence-electron chi connectivity index (χ0n) is 10.4. The van der Waals surface area contributed by atoms with Crippen molar-refractivity contribution >= 4 is 32.9 Å². The zero-order valence-corrected chi connectivity index (χ0v) is 12.0. The Kier molecular flexibility index (Phi) is 3.01. The molecule has 1 fully saturated rings. The van der Waals surface area contributed by atoms with Crippen molar-refractivity contribution in [2.75, 3.05) is 6.61 Å². The number of ether oxygens (including phenoxy) is 1. The van der Waals surface area contributed by atoms with Gasteiger partial charge in [-0.1, -0.05) is 0 Å². The third-order valence-corrected chi connectivity index (χ3v) is 3.98. The van der Waals surface area contributed by atoms with Crippen molar-refractivity contribution in [3.63, 3.8) is 0 Å². The molecule has 1 N–H and O–H groups in total. The van der Waals surface area contributed by atoms with E-state index in [1.54, 1.807) is 13.0 Å². The van der Waals surface area contributed by atoms with Gasteiger partial charge >= 0.3 is 5.97 Å². The number of carbonyl (C=O) groups is 1. The predicted octanol–water partition coefficient (Wildman–Crippen LogP) is 3.99. The Bertz CT molecular complexity index is 655. The first-order chi connectivity index (χ1) is 9.08. The molecule has 1 aromatic carbocycles. The van der Waals surface area contributed by atoms with Crippen molar-refractivity contribution in [3.8, 4) is 5.75 Å². The van der Waals surface area contributed by atoms with Gasteiger partial charge in [-0.15, -0.1) is 0 Å². The quantitative estimate of drug-likeness (QED) is 0.923. The van der Waals surface area contributed by atoms with Crippen molar-refractivity contribution in [3.05, 3.63) is 27.9 Å². The molecule has 0 spiro atoms. The van der Waals surface area contributed by atoms with Gasteiger partial charge in [-0.05, 0) is 53.7 Å². The van der Waals surface area contributed by atoms with Crippen LogP contribution in [0.3, 0.4) is 0 Å². The molecule has 0 atom stereocenters. The summed E-state index contributed by atoms with van der Waals surface area (Å²) in [4.78, 5) is 11.1. The molecular weight excluding hydrogens is 312 g/mol. The molecule has 3 rings (SSSR count). The van der Waals surface area contributed by atoms with Gasteiger partial charge in [0.05, 0.1) is 16.5 Å². The van der Waals surface area contributed by atoms with Crippen LogP contribution in [0, 0.1) is 12.8 Å². The Morgan fingerprint density at radius 3 is 2.89 bits per heavy atom. The number of carboxylic acid groups (broad SMARTS) is 1. The minimum Gasteiger partial charge on any atom is -0.491 e. The molecule has 4 nitrogen and oxygen atoms in total. The largest absolute Gasteiger partial charge is 0.491 e. The van der Waals surface area contributed by atoms with Crippen molar-refractivity contribution in [2.45, 2.75) is 19.8 Å². The van der Waals surface area contributed by atoms with Crippen molar-refractivity contribution in [1.82, 2.24) is 0 Å². The molecule has 2 aromatic rings. The Hall–Kier alpha value is -1.49. The lowest BCUT2D eigenvalue weighted by atomic mass is 10.1. The van der Waals surface area contributed by atoms with Gasteiger partial charge in [-0.2, -0.15) is 0 Å². The van der Waals surface area contributed by atoms with E-state index in [1.807, 2.05) is 6.07 Å². The monoisotopic (exact) mass is 324 g/mol. The lowest BCUT2D eigenvalue weighted by molar-refractivity contribution is 0.0664. The smallest absolute Gasteiger partial charge is 0.372 e. The van der Waals surface area contributed by atoms with Crippen LogP contribution in [-0.4, -0.2) is 17.7 Å². The number of halogens is 1. The molecule has 0 bridgehead atoms. The molecule has 19 heavy (non-hydrogen) atoms. The van der Waals surface area contributed by atoms with Crippen LogP contribution in [0.2, 0.25) is 0 Å². The Balaban J connectivity index is 2.11. The molecule has 0 amide bonds. The van der Waals surface area contributed by atoms with E-state index < -0.39 is 5.97 Å². The fourth-order valence-electron chi connectivity index (χ4n) is 2.11. The summed E-state index contributed by atoms with van der Waals surface area (Å²) in [5.74, 6) is 0.230. The average molecular weight is 325 g/mol. The van der Waals surface area contributed by atoms with Crippen LogP contribution >= 0.6 is 15.9 Å². The van der Waals surface area contributed by atoms with Crippen molar-refractivity contribution in [1.29, 1.82) is 0 Å². The minimum absolute atomic E-state index is 0.0237. The van der Waals surface area contributed by atoms with Crippen molar-refractivity contribution < 1.29 is 19.1 Å². The highest BCUT2D eigenvalue weighted by Gasteiger charge is 2.25. The van der Waals surface area contributed by atoms with Gasteiger partial charge in [0.2, 0.25) is 5.76 Å². The third-order valence-electron chi connectivity index (χ3n) is 3.35. The van der Waals surface area contributed by atoms with Gasteiger partial charge in [-0.25, -0.2) is 4.79 Å². The molecule has 0 saturated heterocycles. The predicted molar refractivity (Wildman–Crippen MR) is 73.8 cm³/mol. The van der Waals surface area contributed by atoms with Crippen LogP contribution in [0.1, 0.15) is 29.0 Å². The summed E-state index contributed by atoms with van der Waals surface area (Å²) in [5, 5.41) is 9.85. The summed E-state index contributed by atoms with van der Waals surface area (Å²) >= 11 is 3.45. The van der Waals surface area contributed by atoms with Crippen LogP contribution in [0.4, 0.5) is 0 Å². The number of benzene rings is 1. The summed E-state index contributed by atoms with van der Waals surface area (Å²) in [5.41, 5.74) is 1.15. The summed E-state index contributed by atoms with van der Waals surface area (Å²) in [7, 11) is 0. The molecule has 0 radical (unpaired) electrons. The van der Waals surface area contributed by atoms with Gasteiger partial charge in [0.1, 0.15) is 11.3 Å². The van der Waals surface area contributed by atoms with E-state index in [0.717, 1.165) is 9.86 Å². The number of furan rings is 1. The van der Waals surface area contributed by atoms with Crippen LogP contribution in [0.15, 0.2) is 21.0 Å². The average Bonchev–Trinajstić information content (AvgIpc) is 3.12. The maximum Gasteiger partial charge on any atom is 0.372 e. The molecule has 0 aliphatic heterocycles. The number of fused-ring (bicyclic) bond motifs is 1. The van der Waals surface area contributed by atoms with Crippen molar-refractivity contribution in [2.24, 2.45) is 5.92 Å². The van der Waals surface area contributed by atoms with E-state index >= 15 is 0 Å². The second kappa shape index (κ2) is 4.56. The summed E-state index contributed by atoms with van der Waals surface area (Å²) in [6, 6.07) is 3.57. The van der Waals surface area contributed by atoms with E-state index in [9.17, 15) is 4.79 Å². The lowest BCUT2D eigenvalue weighted by Gasteiger charge is -2.09. The van der Waals surface area contributed by atoms with E-state index in [2.05, 4.69) is 15.9 Å². The topological polar surface area (TPSA) is 59.7 Å². The molecular formula is C14H13BrO4. The highest BCUT2D eigenvalue weighted by Crippen LogP contribution is 2.40. The molecule has 5 heteroatoms. The highest BCUT2D eigenvalue weighted by molar-refractivity contribution is 9.10. The van der Waals surface area contributed by atoms with Crippen LogP contribution in [0.5, 0.6) is 5.75 Å². The molecule has 100 valence electrons. The van der Waals surface area contributed by atoms with E-state index in [-0.39, 0.29) is 5.76 Å². The van der Waals surface area contributed by atoms with Gasteiger partial charge < -0.3 is 14.3 Å². The first kappa shape index (κ1) is 12.5. The SMILES string of the molecule is Cc1c(C(=O)O)oc2ccc(Br)c(OCC3CC3)c12. The van der Waals surface area contributed by atoms with Gasteiger partial charge in [0.15, 0.2) is 0 Å². The normalized spacial score (nSPS) is 14.8. The number of rotatable bonds is 4. The summed E-state index contributed by atoms with van der Waals surface area (Å²) in [6.45, 7) is 2.41. The van der Waals surface area contributed by atoms with Crippen LogP contribution in [0.25, 0.3) is 11.0 Å². The van der Waals surface area contributed by atoms with E-state index in [0.29, 0.717) is 29.4 Å². The van der Waals surface area contributed by atoms with Crippen LogP contribution in [-0.2, 0) is 0 Å². The molecule has 1 heterocycles. The van der Waals surface area contributed by atoms with Gasteiger partial charge in [-0.3, -0.25) is 0 Å². The Labute approximate surface area is 118 Å². The van der Waals surface area contributed by atoms with E-state index in [4.69, 9.17) is 14.3 Å². The highest BCUT2D eigenvalue weighted by atomic mass is 79.9. The first-order valence-corrected chi connectivity index (χ1v) is 6.95. The second-order valence-corrected chi connectivity index (χ2v) is 5.72. The minimum atomic E-state index is -1.06. The zero-order chi connectivity index (χ0) is 13.6. The summed E-state index contributed by atoms with van der Waals surface area (Å²) < 4.78 is 12.0. The first-order valence-electron chi connectivity index (χ1n) is 6.15. The van der Waals surface area contributed by atoms with Crippen LogP contribution < -0.4 is 4.74 Å². The number of hydrogen-bond donors (Lipinski definition) is 1. The van der Waals surface area contributed by atoms with Gasteiger partial charge in [0.25, 0.3) is 0 Å². The standard InChI is InChI=1S/C14H13BrO4/c1-7-11-10(19-12(7)14(16)17)5-4-9(15)13(11)18-6-8-2-3-8/h4-5,8H,2-3,6H2,1H3,(H,16,17). The molecule has 1 aliphatic carbocycles. The second-order valence-electron chi connectivity index (χ2n) is 4.87. The fourth-order valence-corrected chi connectivity index (χ4v) is 2.56. The molecule has 1 saturated carbocycles. The summed E-state index contributed by atoms with van der Waals surface area (Å²) in [6.07, 6.45) is 2.41. The maximum atomic E-state index is 11.1. The maximum absolute atomic E-state index is 11.1. The number of hydrogen-bond acceptors (Lipinski definition) is 3. The Morgan fingerprint density at radius 1 is 1.53 bits per heavy atom. The Morgan fingerprint density at radius 2 is 2.26 bits per heavy atom.